The Labute approximate surface area is 58.0 Å². The van der Waals surface area contributed by atoms with E-state index in [9.17, 15) is 0 Å². The summed E-state index contributed by atoms with van der Waals surface area (Å²) in [5, 5.41) is 26.5. The second-order valence-electron chi connectivity index (χ2n) is 2.28. The second-order valence-corrected chi connectivity index (χ2v) is 2.28. The lowest BCUT2D eigenvalue weighted by atomic mass is 10.1. The van der Waals surface area contributed by atoms with Crippen molar-refractivity contribution in [2.24, 2.45) is 5.73 Å². The molecular weight excluding hydrogens is 138 g/mol. The first kappa shape index (κ1) is 7.90. The molecule has 3 atom stereocenters. The minimum atomic E-state index is -1.85. The summed E-state index contributed by atoms with van der Waals surface area (Å²) in [6.07, 6.45) is -2.16. The van der Waals surface area contributed by atoms with Gasteiger partial charge in [0.15, 0.2) is 5.72 Å². The van der Waals surface area contributed by atoms with Gasteiger partial charge in [0.2, 0.25) is 0 Å². The summed E-state index contributed by atoms with van der Waals surface area (Å²) >= 11 is 0. The van der Waals surface area contributed by atoms with Crippen molar-refractivity contribution >= 4 is 0 Å². The standard InChI is InChI=1S/C5H10NO4/c6-5(9)3(8)2-10-4(5)1-7/h2-4,7-9H,1,6H2/t3-,4+,5-/m0/s1. The van der Waals surface area contributed by atoms with Crippen LogP contribution in [-0.2, 0) is 4.74 Å². The first-order chi connectivity index (χ1) is 4.59. The average Bonchev–Trinajstić information content (AvgIpc) is 2.10. The molecule has 1 rings (SSSR count). The van der Waals surface area contributed by atoms with E-state index in [2.05, 4.69) is 4.74 Å². The van der Waals surface area contributed by atoms with Gasteiger partial charge in [0.25, 0.3) is 0 Å². The van der Waals surface area contributed by atoms with Gasteiger partial charge in [-0.2, -0.15) is 0 Å². The molecule has 0 amide bonds. The van der Waals surface area contributed by atoms with Gasteiger partial charge in [-0.1, -0.05) is 0 Å². The van der Waals surface area contributed by atoms with Gasteiger partial charge in [0.05, 0.1) is 6.61 Å². The molecule has 0 aliphatic carbocycles. The van der Waals surface area contributed by atoms with Gasteiger partial charge in [-0.15, -0.1) is 0 Å². The molecule has 5 N–H and O–H groups in total. The Kier molecular flexibility index (Phi) is 1.93. The topological polar surface area (TPSA) is 95.9 Å². The van der Waals surface area contributed by atoms with E-state index in [0.717, 1.165) is 6.61 Å². The van der Waals surface area contributed by atoms with Crippen molar-refractivity contribution < 1.29 is 20.1 Å². The minimum Gasteiger partial charge on any atom is -0.393 e. The molecule has 59 valence electrons. The van der Waals surface area contributed by atoms with Crippen LogP contribution in [0.5, 0.6) is 0 Å². The van der Waals surface area contributed by atoms with E-state index in [0.29, 0.717) is 0 Å². The molecule has 1 aliphatic rings. The molecule has 0 aromatic rings. The third kappa shape index (κ3) is 1.02. The van der Waals surface area contributed by atoms with Crippen LogP contribution in [0.4, 0.5) is 0 Å². The third-order valence-electron chi connectivity index (χ3n) is 1.53. The maximum Gasteiger partial charge on any atom is 0.171 e. The van der Waals surface area contributed by atoms with Gasteiger partial charge in [-0.25, -0.2) is 0 Å². The van der Waals surface area contributed by atoms with Gasteiger partial charge >= 0.3 is 0 Å². The van der Waals surface area contributed by atoms with E-state index in [1.807, 2.05) is 0 Å². The highest BCUT2D eigenvalue weighted by molar-refractivity contribution is 4.99. The Morgan fingerprint density at radius 3 is 2.50 bits per heavy atom. The van der Waals surface area contributed by atoms with Crippen LogP contribution >= 0.6 is 0 Å². The third-order valence-corrected chi connectivity index (χ3v) is 1.53. The van der Waals surface area contributed by atoms with Crippen molar-refractivity contribution in [2.45, 2.75) is 17.9 Å². The molecule has 0 aromatic carbocycles. The number of ether oxygens (including phenoxy) is 1. The van der Waals surface area contributed by atoms with Gasteiger partial charge in [-0.05, 0) is 0 Å². The minimum absolute atomic E-state index is 0.416. The van der Waals surface area contributed by atoms with Crippen molar-refractivity contribution in [3.8, 4) is 0 Å². The van der Waals surface area contributed by atoms with Gasteiger partial charge in [0, 0.05) is 0 Å². The SMILES string of the molecule is N[C@]1(O)[C@@H](O)[CH]O[C@@H]1CO. The van der Waals surface area contributed by atoms with Crippen LogP contribution in [0.15, 0.2) is 0 Å². The first-order valence-corrected chi connectivity index (χ1v) is 2.88. The van der Waals surface area contributed by atoms with Crippen LogP contribution in [0.25, 0.3) is 0 Å². The Morgan fingerprint density at radius 1 is 1.70 bits per heavy atom. The largest absolute Gasteiger partial charge is 0.393 e. The molecule has 1 fully saturated rings. The monoisotopic (exact) mass is 148 g/mol. The fourth-order valence-electron chi connectivity index (χ4n) is 0.767. The molecule has 1 saturated heterocycles. The lowest BCUT2D eigenvalue weighted by molar-refractivity contribution is -0.0876. The summed E-state index contributed by atoms with van der Waals surface area (Å²) in [7, 11) is 0. The van der Waals surface area contributed by atoms with Crippen LogP contribution in [0, 0.1) is 6.61 Å². The molecule has 1 radical (unpaired) electrons. The van der Waals surface area contributed by atoms with Gasteiger partial charge in [0.1, 0.15) is 18.8 Å². The molecule has 0 saturated carbocycles. The van der Waals surface area contributed by atoms with Crippen molar-refractivity contribution in [3.05, 3.63) is 6.61 Å². The zero-order valence-corrected chi connectivity index (χ0v) is 5.27. The predicted molar refractivity (Wildman–Crippen MR) is 31.4 cm³/mol. The fourth-order valence-corrected chi connectivity index (χ4v) is 0.767. The van der Waals surface area contributed by atoms with E-state index >= 15 is 0 Å². The highest BCUT2D eigenvalue weighted by atomic mass is 16.5. The van der Waals surface area contributed by atoms with Crippen LogP contribution in [0.1, 0.15) is 0 Å². The van der Waals surface area contributed by atoms with Crippen LogP contribution in [-0.4, -0.2) is 39.9 Å². The molecule has 0 aromatic heterocycles. The van der Waals surface area contributed by atoms with Crippen molar-refractivity contribution in [2.75, 3.05) is 6.61 Å². The Morgan fingerprint density at radius 2 is 2.30 bits per heavy atom. The normalized spacial score (nSPS) is 48.0. The summed E-state index contributed by atoms with van der Waals surface area (Å²) in [6.45, 7) is 0.585. The predicted octanol–water partition coefficient (Wildman–Crippen LogP) is -2.45. The number of rotatable bonds is 1. The highest BCUT2D eigenvalue weighted by Crippen LogP contribution is 2.23. The number of hydrogen-bond donors (Lipinski definition) is 4. The second kappa shape index (κ2) is 2.44. The Bertz CT molecular complexity index is 127. The first-order valence-electron chi connectivity index (χ1n) is 2.88. The zero-order valence-electron chi connectivity index (χ0n) is 5.27. The zero-order chi connectivity index (χ0) is 7.78. The maximum atomic E-state index is 9.13. The van der Waals surface area contributed by atoms with Crippen LogP contribution < -0.4 is 5.73 Å². The number of hydrogen-bond acceptors (Lipinski definition) is 5. The molecule has 1 heterocycles. The summed E-state index contributed by atoms with van der Waals surface area (Å²) in [6, 6.07) is 0. The maximum absolute atomic E-state index is 9.13. The van der Waals surface area contributed by atoms with Crippen molar-refractivity contribution in [1.29, 1.82) is 0 Å². The molecule has 0 bridgehead atoms. The summed E-state index contributed by atoms with van der Waals surface area (Å²) < 4.78 is 4.63. The van der Waals surface area contributed by atoms with Crippen LogP contribution in [0.3, 0.4) is 0 Å². The molecule has 0 spiro atoms. The molecule has 0 unspecified atom stereocenters. The number of nitrogens with two attached hydrogens (primary N) is 1. The van der Waals surface area contributed by atoms with E-state index in [1.54, 1.807) is 0 Å². The van der Waals surface area contributed by atoms with E-state index < -0.39 is 24.5 Å². The van der Waals surface area contributed by atoms with Gasteiger partial charge < -0.3 is 20.1 Å². The van der Waals surface area contributed by atoms with Crippen molar-refractivity contribution in [3.63, 3.8) is 0 Å². The highest BCUT2D eigenvalue weighted by Gasteiger charge is 2.46. The lowest BCUT2D eigenvalue weighted by Crippen LogP contribution is -2.56. The average molecular weight is 148 g/mol. The number of aliphatic hydroxyl groups excluding tert-OH is 2. The van der Waals surface area contributed by atoms with Crippen molar-refractivity contribution in [1.82, 2.24) is 0 Å². The smallest absolute Gasteiger partial charge is 0.171 e. The summed E-state index contributed by atoms with van der Waals surface area (Å²) in [4.78, 5) is 0. The number of aliphatic hydroxyl groups is 3. The van der Waals surface area contributed by atoms with Gasteiger partial charge in [-0.3, -0.25) is 5.73 Å². The molecule has 5 heteroatoms. The van der Waals surface area contributed by atoms with E-state index in [1.165, 1.54) is 0 Å². The van der Waals surface area contributed by atoms with Crippen LogP contribution in [0.2, 0.25) is 0 Å². The lowest BCUT2D eigenvalue weighted by Gasteiger charge is -2.24. The fraction of sp³-hybridized carbons (Fsp3) is 0.800. The Hall–Kier alpha value is -0.200. The molecule has 1 aliphatic heterocycles. The molecule has 5 nitrogen and oxygen atoms in total. The molecule has 10 heavy (non-hydrogen) atoms. The quantitative estimate of drug-likeness (QED) is 0.309. The molecular formula is C5H10NO4. The van der Waals surface area contributed by atoms with E-state index in [4.69, 9.17) is 21.1 Å². The summed E-state index contributed by atoms with van der Waals surface area (Å²) in [5.41, 5.74) is 3.31. The van der Waals surface area contributed by atoms with E-state index in [-0.39, 0.29) is 0 Å². The summed E-state index contributed by atoms with van der Waals surface area (Å²) in [5.74, 6) is 0. The Balaban J connectivity index is 2.64.